The van der Waals surface area contributed by atoms with Crippen LogP contribution in [-0.2, 0) is 0 Å². The summed E-state index contributed by atoms with van der Waals surface area (Å²) in [7, 11) is 0. The Hall–Kier alpha value is -1.09. The molecule has 2 saturated carbocycles. The fraction of sp³-hybridized carbons (Fsp3) is 0.643. The van der Waals surface area contributed by atoms with E-state index in [1.54, 1.807) is 0 Å². The minimum atomic E-state index is 0.0781. The van der Waals surface area contributed by atoms with Gasteiger partial charge in [-0.1, -0.05) is 6.07 Å². The van der Waals surface area contributed by atoms with Gasteiger partial charge >= 0.3 is 0 Å². The maximum Gasteiger partial charge on any atom is 0.128 e. The predicted octanol–water partition coefficient (Wildman–Crippen LogP) is 2.48. The molecule has 2 fully saturated rings. The topological polar surface area (TPSA) is 42.1 Å². The van der Waals surface area contributed by atoms with Crippen molar-refractivity contribution < 1.29 is 0 Å². The maximum absolute atomic E-state index is 5.85. The summed E-state index contributed by atoms with van der Waals surface area (Å²) >= 11 is 0. The van der Waals surface area contributed by atoms with E-state index in [9.17, 15) is 0 Å². The van der Waals surface area contributed by atoms with Crippen LogP contribution in [0.5, 0.6) is 0 Å². The van der Waals surface area contributed by atoms with E-state index in [-0.39, 0.29) is 6.04 Å². The van der Waals surface area contributed by atoms with Crippen LogP contribution in [0.3, 0.4) is 0 Å². The summed E-state index contributed by atoms with van der Waals surface area (Å²) in [5, 5.41) is 0. The van der Waals surface area contributed by atoms with Crippen molar-refractivity contribution >= 4 is 5.82 Å². The summed E-state index contributed by atoms with van der Waals surface area (Å²) in [6.07, 6.45) is 7.41. The van der Waals surface area contributed by atoms with Crippen LogP contribution in [0.2, 0.25) is 0 Å². The van der Waals surface area contributed by atoms with E-state index in [1.165, 1.54) is 32.2 Å². The zero-order valence-electron chi connectivity index (χ0n) is 10.5. The van der Waals surface area contributed by atoms with E-state index in [0.717, 1.165) is 23.3 Å². The smallest absolute Gasteiger partial charge is 0.128 e. The van der Waals surface area contributed by atoms with Crippen LogP contribution in [-0.4, -0.2) is 17.6 Å². The quantitative estimate of drug-likeness (QED) is 0.846. The number of aromatic nitrogens is 1. The van der Waals surface area contributed by atoms with Crippen molar-refractivity contribution in [1.29, 1.82) is 0 Å². The highest BCUT2D eigenvalue weighted by atomic mass is 15.2. The van der Waals surface area contributed by atoms with Gasteiger partial charge in [0.15, 0.2) is 0 Å². The van der Waals surface area contributed by atoms with Gasteiger partial charge in [0.1, 0.15) is 5.82 Å². The Morgan fingerprint density at radius 3 is 2.59 bits per heavy atom. The van der Waals surface area contributed by atoms with Crippen molar-refractivity contribution in [2.24, 2.45) is 11.7 Å². The number of rotatable bonds is 5. The lowest BCUT2D eigenvalue weighted by molar-refractivity contribution is 0.707. The molecule has 0 aliphatic heterocycles. The maximum atomic E-state index is 5.85. The van der Waals surface area contributed by atoms with Crippen molar-refractivity contribution in [3.63, 3.8) is 0 Å². The number of anilines is 1. The first kappa shape index (κ1) is 11.0. The number of nitrogens with two attached hydrogens (primary N) is 1. The molecule has 17 heavy (non-hydrogen) atoms. The van der Waals surface area contributed by atoms with Crippen LogP contribution in [0.1, 0.15) is 44.2 Å². The van der Waals surface area contributed by atoms with Gasteiger partial charge in [-0.3, -0.25) is 0 Å². The second kappa shape index (κ2) is 4.30. The lowest BCUT2D eigenvalue weighted by atomic mass is 10.1. The third kappa shape index (κ3) is 2.60. The molecule has 0 bridgehead atoms. The Balaban J connectivity index is 1.75. The molecule has 2 aliphatic rings. The highest BCUT2D eigenvalue weighted by Crippen LogP contribution is 2.37. The summed E-state index contributed by atoms with van der Waals surface area (Å²) < 4.78 is 0. The largest absolute Gasteiger partial charge is 0.353 e. The number of pyridine rings is 1. The van der Waals surface area contributed by atoms with Gasteiger partial charge in [-0.05, 0) is 50.2 Å². The first-order valence-electron chi connectivity index (χ1n) is 6.72. The fourth-order valence-electron chi connectivity index (χ4n) is 2.23. The molecule has 0 aromatic carbocycles. The molecule has 92 valence electrons. The zero-order chi connectivity index (χ0) is 11.8. The Bertz CT molecular complexity index is 377. The second-order valence-corrected chi connectivity index (χ2v) is 5.57. The van der Waals surface area contributed by atoms with Gasteiger partial charge in [-0.15, -0.1) is 0 Å². The molecule has 1 aromatic heterocycles. The van der Waals surface area contributed by atoms with Crippen LogP contribution in [0, 0.1) is 5.92 Å². The van der Waals surface area contributed by atoms with Gasteiger partial charge in [-0.25, -0.2) is 4.98 Å². The molecule has 0 radical (unpaired) electrons. The highest BCUT2D eigenvalue weighted by Gasteiger charge is 2.34. The van der Waals surface area contributed by atoms with Gasteiger partial charge < -0.3 is 10.6 Å². The van der Waals surface area contributed by atoms with Gasteiger partial charge in [-0.2, -0.15) is 0 Å². The molecule has 0 saturated heterocycles. The van der Waals surface area contributed by atoms with Crippen LogP contribution < -0.4 is 10.6 Å². The molecular weight excluding hydrogens is 210 g/mol. The van der Waals surface area contributed by atoms with Crippen LogP contribution >= 0.6 is 0 Å². The molecule has 0 unspecified atom stereocenters. The lowest BCUT2D eigenvalue weighted by Crippen LogP contribution is -2.28. The van der Waals surface area contributed by atoms with Crippen molar-refractivity contribution in [3.05, 3.63) is 23.9 Å². The molecule has 2 N–H and O–H groups in total. The van der Waals surface area contributed by atoms with E-state index in [1.807, 2.05) is 13.1 Å². The monoisotopic (exact) mass is 231 g/mol. The van der Waals surface area contributed by atoms with Gasteiger partial charge in [0, 0.05) is 24.8 Å². The Labute approximate surface area is 103 Å². The third-order valence-corrected chi connectivity index (χ3v) is 3.73. The molecule has 3 heteroatoms. The molecular formula is C14H21N3. The predicted molar refractivity (Wildman–Crippen MR) is 69.9 cm³/mol. The zero-order valence-corrected chi connectivity index (χ0v) is 10.5. The van der Waals surface area contributed by atoms with Gasteiger partial charge in [0.2, 0.25) is 0 Å². The molecule has 3 rings (SSSR count). The fourth-order valence-corrected chi connectivity index (χ4v) is 2.23. The Kier molecular flexibility index (Phi) is 2.79. The SMILES string of the molecule is C[C@@H](N)c1ccc(N(CC2CC2)C2CC2)nc1. The summed E-state index contributed by atoms with van der Waals surface area (Å²) in [4.78, 5) is 7.09. The van der Waals surface area contributed by atoms with E-state index in [4.69, 9.17) is 5.73 Å². The second-order valence-electron chi connectivity index (χ2n) is 5.57. The third-order valence-electron chi connectivity index (χ3n) is 3.73. The molecule has 1 aromatic rings. The minimum Gasteiger partial charge on any atom is -0.353 e. The summed E-state index contributed by atoms with van der Waals surface area (Å²) in [6, 6.07) is 5.09. The van der Waals surface area contributed by atoms with Gasteiger partial charge in [0.25, 0.3) is 0 Å². The Morgan fingerprint density at radius 2 is 2.12 bits per heavy atom. The van der Waals surface area contributed by atoms with Crippen LogP contribution in [0.25, 0.3) is 0 Å². The summed E-state index contributed by atoms with van der Waals surface area (Å²) in [5.74, 6) is 2.06. The highest BCUT2D eigenvalue weighted by molar-refractivity contribution is 5.43. The Morgan fingerprint density at radius 1 is 1.35 bits per heavy atom. The average Bonchev–Trinajstić information content (AvgIpc) is 3.18. The van der Waals surface area contributed by atoms with Gasteiger partial charge in [0.05, 0.1) is 0 Å². The molecule has 0 spiro atoms. The minimum absolute atomic E-state index is 0.0781. The van der Waals surface area contributed by atoms with E-state index in [0.29, 0.717) is 0 Å². The van der Waals surface area contributed by atoms with Crippen molar-refractivity contribution in [3.8, 4) is 0 Å². The molecule has 1 atom stereocenters. The van der Waals surface area contributed by atoms with E-state index >= 15 is 0 Å². The first-order valence-corrected chi connectivity index (χ1v) is 6.72. The van der Waals surface area contributed by atoms with Crippen molar-refractivity contribution in [2.75, 3.05) is 11.4 Å². The number of hydrogen-bond acceptors (Lipinski definition) is 3. The van der Waals surface area contributed by atoms with E-state index in [2.05, 4.69) is 22.0 Å². The molecule has 3 nitrogen and oxygen atoms in total. The van der Waals surface area contributed by atoms with Crippen LogP contribution in [0.15, 0.2) is 18.3 Å². The lowest BCUT2D eigenvalue weighted by Gasteiger charge is -2.23. The standard InChI is InChI=1S/C14H21N3/c1-10(15)12-4-7-14(16-8-12)17(13-5-6-13)9-11-2-3-11/h4,7-8,10-11,13H,2-3,5-6,9,15H2,1H3/t10-/m1/s1. The number of hydrogen-bond donors (Lipinski definition) is 1. The van der Waals surface area contributed by atoms with Crippen molar-refractivity contribution in [2.45, 2.75) is 44.7 Å². The first-order chi connectivity index (χ1) is 8.24. The molecule has 1 heterocycles. The van der Waals surface area contributed by atoms with E-state index < -0.39 is 0 Å². The normalized spacial score (nSPS) is 21.3. The number of nitrogens with zero attached hydrogens (tertiary/aromatic N) is 2. The molecule has 2 aliphatic carbocycles. The summed E-state index contributed by atoms with van der Waals surface area (Å²) in [6.45, 7) is 3.20. The van der Waals surface area contributed by atoms with Crippen molar-refractivity contribution in [1.82, 2.24) is 4.98 Å². The average molecular weight is 231 g/mol. The summed E-state index contributed by atoms with van der Waals surface area (Å²) in [5.41, 5.74) is 6.97. The molecule has 0 amide bonds. The van der Waals surface area contributed by atoms with Crippen LogP contribution in [0.4, 0.5) is 5.82 Å².